The lowest BCUT2D eigenvalue weighted by Crippen LogP contribution is -2.47. The first-order chi connectivity index (χ1) is 13.0. The van der Waals surface area contributed by atoms with Gasteiger partial charge in [-0.05, 0) is 62.2 Å². The van der Waals surface area contributed by atoms with E-state index < -0.39 is 33.8 Å². The van der Waals surface area contributed by atoms with Crippen molar-refractivity contribution in [2.75, 3.05) is 0 Å². The minimum atomic E-state index is -4.00. The highest BCUT2D eigenvalue weighted by molar-refractivity contribution is 7.89. The van der Waals surface area contributed by atoms with Crippen LogP contribution in [-0.4, -0.2) is 26.3 Å². The van der Waals surface area contributed by atoms with Gasteiger partial charge in [-0.1, -0.05) is 6.07 Å². The van der Waals surface area contributed by atoms with Crippen LogP contribution in [0.25, 0.3) is 0 Å². The molecule has 28 heavy (non-hydrogen) atoms. The van der Waals surface area contributed by atoms with E-state index in [0.717, 1.165) is 6.07 Å². The number of aryl methyl sites for hydroxylation is 2. The first-order valence-electron chi connectivity index (χ1n) is 8.15. The van der Waals surface area contributed by atoms with Crippen molar-refractivity contribution in [3.63, 3.8) is 0 Å². The van der Waals surface area contributed by atoms with Crippen molar-refractivity contribution in [2.24, 2.45) is 5.14 Å². The summed E-state index contributed by atoms with van der Waals surface area (Å²) < 4.78 is 41.5. The van der Waals surface area contributed by atoms with Crippen LogP contribution >= 0.6 is 0 Å². The standard InChI is InChI=1S/C18H20FN3O5S/c1-10-8-11(2)16(28(20,25)26)9-15(10)18(24)22-21-17(23)12(3)27-14-6-4-13(19)5-7-14/h4-9,12H,1-3H3,(H,21,23)(H,22,24)(H2,20,25,26)/t12-/m0/s1. The van der Waals surface area contributed by atoms with E-state index in [0.29, 0.717) is 11.1 Å². The lowest BCUT2D eigenvalue weighted by Gasteiger charge is -2.16. The molecule has 0 aliphatic carbocycles. The maximum Gasteiger partial charge on any atom is 0.279 e. The van der Waals surface area contributed by atoms with Gasteiger partial charge in [0.25, 0.3) is 11.8 Å². The van der Waals surface area contributed by atoms with Crippen LogP contribution in [0.5, 0.6) is 5.75 Å². The number of benzene rings is 2. The third-order valence-corrected chi connectivity index (χ3v) is 4.92. The average Bonchev–Trinajstić information content (AvgIpc) is 2.60. The van der Waals surface area contributed by atoms with Gasteiger partial charge in [0, 0.05) is 5.56 Å². The molecule has 10 heteroatoms. The Morgan fingerprint density at radius 2 is 1.68 bits per heavy atom. The molecule has 0 saturated heterocycles. The molecule has 0 bridgehead atoms. The van der Waals surface area contributed by atoms with Crippen LogP contribution < -0.4 is 20.7 Å². The number of sulfonamides is 1. The zero-order chi connectivity index (χ0) is 21.1. The van der Waals surface area contributed by atoms with Crippen molar-refractivity contribution < 1.29 is 27.1 Å². The van der Waals surface area contributed by atoms with Gasteiger partial charge in [0.2, 0.25) is 10.0 Å². The number of nitrogens with one attached hydrogen (secondary N) is 2. The normalized spacial score (nSPS) is 12.2. The first-order valence-corrected chi connectivity index (χ1v) is 9.70. The van der Waals surface area contributed by atoms with E-state index in [1.54, 1.807) is 13.8 Å². The number of carbonyl (C=O) groups excluding carboxylic acids is 2. The lowest BCUT2D eigenvalue weighted by molar-refractivity contribution is -0.128. The van der Waals surface area contributed by atoms with Crippen LogP contribution in [0.2, 0.25) is 0 Å². The van der Waals surface area contributed by atoms with E-state index >= 15 is 0 Å². The van der Waals surface area contributed by atoms with Gasteiger partial charge >= 0.3 is 0 Å². The van der Waals surface area contributed by atoms with Crippen LogP contribution in [0.1, 0.15) is 28.4 Å². The van der Waals surface area contributed by atoms with Gasteiger partial charge in [-0.2, -0.15) is 0 Å². The smallest absolute Gasteiger partial charge is 0.279 e. The second-order valence-corrected chi connectivity index (χ2v) is 7.66. The van der Waals surface area contributed by atoms with E-state index in [-0.39, 0.29) is 16.2 Å². The topological polar surface area (TPSA) is 128 Å². The maximum atomic E-state index is 12.9. The molecule has 150 valence electrons. The summed E-state index contributed by atoms with van der Waals surface area (Å²) >= 11 is 0. The highest BCUT2D eigenvalue weighted by atomic mass is 32.2. The maximum absolute atomic E-state index is 12.9. The molecule has 1 atom stereocenters. The van der Waals surface area contributed by atoms with Gasteiger partial charge in [0.05, 0.1) is 4.90 Å². The second-order valence-electron chi connectivity index (χ2n) is 6.14. The largest absolute Gasteiger partial charge is 0.481 e. The summed E-state index contributed by atoms with van der Waals surface area (Å²) in [6, 6.07) is 7.76. The second kappa shape index (κ2) is 8.36. The van der Waals surface area contributed by atoms with E-state index in [1.807, 2.05) is 0 Å². The number of amides is 2. The number of halogens is 1. The molecular formula is C18H20FN3O5S. The van der Waals surface area contributed by atoms with Crippen LogP contribution in [0, 0.1) is 19.7 Å². The monoisotopic (exact) mass is 409 g/mol. The summed E-state index contributed by atoms with van der Waals surface area (Å²) in [4.78, 5) is 24.2. The van der Waals surface area contributed by atoms with Gasteiger partial charge in [-0.3, -0.25) is 20.4 Å². The summed E-state index contributed by atoms with van der Waals surface area (Å²) in [6.45, 7) is 4.63. The molecule has 2 aromatic carbocycles. The fourth-order valence-corrected chi connectivity index (χ4v) is 3.23. The Bertz CT molecular complexity index is 1010. The minimum Gasteiger partial charge on any atom is -0.481 e. The molecular weight excluding hydrogens is 389 g/mol. The number of hydrazine groups is 1. The molecule has 0 radical (unpaired) electrons. The van der Waals surface area contributed by atoms with Crippen LogP contribution in [-0.2, 0) is 14.8 Å². The number of primary sulfonamides is 1. The molecule has 0 heterocycles. The van der Waals surface area contributed by atoms with Crippen molar-refractivity contribution in [2.45, 2.75) is 31.8 Å². The molecule has 0 aromatic heterocycles. The van der Waals surface area contributed by atoms with E-state index in [9.17, 15) is 22.4 Å². The van der Waals surface area contributed by atoms with Crippen LogP contribution in [0.3, 0.4) is 0 Å². The molecule has 0 aliphatic rings. The quantitative estimate of drug-likeness (QED) is 0.642. The predicted molar refractivity (Wildman–Crippen MR) is 99.4 cm³/mol. The number of ether oxygens (including phenoxy) is 1. The molecule has 0 aliphatic heterocycles. The van der Waals surface area contributed by atoms with E-state index in [2.05, 4.69) is 10.9 Å². The zero-order valence-corrected chi connectivity index (χ0v) is 16.3. The van der Waals surface area contributed by atoms with Crippen molar-refractivity contribution in [1.29, 1.82) is 0 Å². The predicted octanol–water partition coefficient (Wildman–Crippen LogP) is 1.32. The highest BCUT2D eigenvalue weighted by Crippen LogP contribution is 2.19. The van der Waals surface area contributed by atoms with E-state index in [1.165, 1.54) is 37.3 Å². The number of nitrogens with two attached hydrogens (primary N) is 1. The van der Waals surface area contributed by atoms with Gasteiger partial charge in [-0.25, -0.2) is 17.9 Å². The molecule has 0 saturated carbocycles. The number of rotatable bonds is 5. The third kappa shape index (κ3) is 5.27. The molecule has 8 nitrogen and oxygen atoms in total. The Balaban J connectivity index is 2.05. The van der Waals surface area contributed by atoms with Crippen LogP contribution in [0.15, 0.2) is 41.3 Å². The number of hydrogen-bond donors (Lipinski definition) is 3. The Kier molecular flexibility index (Phi) is 6.37. The Morgan fingerprint density at radius 1 is 1.07 bits per heavy atom. The van der Waals surface area contributed by atoms with Gasteiger partial charge in [-0.15, -0.1) is 0 Å². The van der Waals surface area contributed by atoms with Gasteiger partial charge < -0.3 is 4.74 Å². The number of hydrogen-bond acceptors (Lipinski definition) is 5. The Labute approximate surface area is 161 Å². The summed E-state index contributed by atoms with van der Waals surface area (Å²) in [6.07, 6.45) is -0.982. The van der Waals surface area contributed by atoms with E-state index in [4.69, 9.17) is 9.88 Å². The molecule has 2 amide bonds. The average molecular weight is 409 g/mol. The third-order valence-electron chi connectivity index (χ3n) is 3.87. The SMILES string of the molecule is Cc1cc(C)c(S(N)(=O)=O)cc1C(=O)NNC(=O)[C@H](C)Oc1ccc(F)cc1. The fraction of sp³-hybridized carbons (Fsp3) is 0.222. The fourth-order valence-electron chi connectivity index (χ4n) is 2.44. The molecule has 4 N–H and O–H groups in total. The first kappa shape index (κ1) is 21.3. The van der Waals surface area contributed by atoms with Gasteiger partial charge in [0.15, 0.2) is 6.10 Å². The zero-order valence-electron chi connectivity index (χ0n) is 15.4. The van der Waals surface area contributed by atoms with Gasteiger partial charge in [0.1, 0.15) is 11.6 Å². The Morgan fingerprint density at radius 3 is 2.25 bits per heavy atom. The minimum absolute atomic E-state index is 0.0435. The van der Waals surface area contributed by atoms with Crippen molar-refractivity contribution >= 4 is 21.8 Å². The van der Waals surface area contributed by atoms with Crippen molar-refractivity contribution in [3.8, 4) is 5.75 Å². The highest BCUT2D eigenvalue weighted by Gasteiger charge is 2.20. The van der Waals surface area contributed by atoms with Crippen LogP contribution in [0.4, 0.5) is 4.39 Å². The summed E-state index contributed by atoms with van der Waals surface area (Å²) in [5.74, 6) is -1.54. The number of carbonyl (C=O) groups is 2. The molecule has 2 rings (SSSR count). The molecule has 0 spiro atoms. The summed E-state index contributed by atoms with van der Waals surface area (Å²) in [7, 11) is -4.00. The van der Waals surface area contributed by atoms with Crippen molar-refractivity contribution in [1.82, 2.24) is 10.9 Å². The molecule has 0 fully saturated rings. The van der Waals surface area contributed by atoms with Crippen molar-refractivity contribution in [3.05, 3.63) is 58.9 Å². The Hall–Kier alpha value is -2.98. The summed E-state index contributed by atoms with van der Waals surface area (Å²) in [5, 5.41) is 5.15. The molecule has 2 aromatic rings. The summed E-state index contributed by atoms with van der Waals surface area (Å²) in [5.41, 5.74) is 5.35. The lowest BCUT2D eigenvalue weighted by atomic mass is 10.1. The molecule has 0 unspecified atom stereocenters.